The second-order valence-electron chi connectivity index (χ2n) is 8.51. The number of amides is 1. The Morgan fingerprint density at radius 1 is 1.03 bits per heavy atom. The third-order valence-electron chi connectivity index (χ3n) is 5.99. The number of hydrogen-bond acceptors (Lipinski definition) is 5. The molecule has 0 bridgehead atoms. The average molecular weight is 451 g/mol. The van der Waals surface area contributed by atoms with Crippen LogP contribution < -0.4 is 5.32 Å². The van der Waals surface area contributed by atoms with E-state index in [2.05, 4.69) is 56.1 Å². The number of nitrogens with zero attached hydrogens (tertiary/aromatic N) is 5. The van der Waals surface area contributed by atoms with E-state index in [1.54, 1.807) is 30.7 Å². The molecule has 0 spiro atoms. The molecule has 7 heteroatoms. The average Bonchev–Trinajstić information content (AvgIpc) is 3.29. The first-order chi connectivity index (χ1) is 16.6. The summed E-state index contributed by atoms with van der Waals surface area (Å²) in [5.41, 5.74) is 4.87. The van der Waals surface area contributed by atoms with Crippen LogP contribution in [0.15, 0.2) is 73.3 Å². The van der Waals surface area contributed by atoms with Crippen LogP contribution in [-0.2, 0) is 6.54 Å². The molecule has 1 saturated heterocycles. The fourth-order valence-corrected chi connectivity index (χ4v) is 3.97. The lowest BCUT2D eigenvalue weighted by molar-refractivity contribution is 0.102. The molecule has 7 nitrogen and oxygen atoms in total. The monoisotopic (exact) mass is 450 g/mol. The Morgan fingerprint density at radius 3 is 2.68 bits per heavy atom. The first kappa shape index (κ1) is 21.8. The zero-order chi connectivity index (χ0) is 23.3. The van der Waals surface area contributed by atoms with Gasteiger partial charge < -0.3 is 10.2 Å². The van der Waals surface area contributed by atoms with E-state index < -0.39 is 0 Å². The first-order valence-corrected chi connectivity index (χ1v) is 11.3. The minimum Gasteiger partial charge on any atom is -0.322 e. The lowest BCUT2D eigenvalue weighted by Gasteiger charge is -2.32. The van der Waals surface area contributed by atoms with Gasteiger partial charge in [0.15, 0.2) is 5.65 Å². The van der Waals surface area contributed by atoms with Crippen LogP contribution in [0.3, 0.4) is 0 Å². The number of rotatable bonds is 4. The SMILES string of the molecule is CN1CCN(Cc2ccc(NC(=O)c3cccc(C#Cc4cnc5cnccn45)c3)cc2)CC1. The molecule has 1 aliphatic heterocycles. The molecule has 4 aromatic rings. The number of benzene rings is 2. The Hall–Kier alpha value is -3.99. The van der Waals surface area contributed by atoms with Crippen molar-refractivity contribution in [1.82, 2.24) is 24.2 Å². The van der Waals surface area contributed by atoms with Crippen molar-refractivity contribution in [2.24, 2.45) is 0 Å². The van der Waals surface area contributed by atoms with Gasteiger partial charge in [0.1, 0.15) is 5.69 Å². The Morgan fingerprint density at radius 2 is 1.85 bits per heavy atom. The summed E-state index contributed by atoms with van der Waals surface area (Å²) in [6.45, 7) is 5.32. The Balaban J connectivity index is 1.23. The highest BCUT2D eigenvalue weighted by atomic mass is 16.1. The van der Waals surface area contributed by atoms with E-state index in [1.807, 2.05) is 34.9 Å². The zero-order valence-electron chi connectivity index (χ0n) is 19.1. The molecule has 2 aromatic heterocycles. The van der Waals surface area contributed by atoms with E-state index in [1.165, 1.54) is 5.56 Å². The van der Waals surface area contributed by atoms with Gasteiger partial charge in [-0.1, -0.05) is 24.1 Å². The molecular weight excluding hydrogens is 424 g/mol. The quantitative estimate of drug-likeness (QED) is 0.484. The standard InChI is InChI=1S/C27H26N6O/c1-31-13-15-32(16-14-31)20-22-5-8-24(9-6-22)30-27(34)23-4-2-3-21(17-23)7-10-25-18-29-26-19-28-11-12-33(25)26/h2-6,8-9,11-12,17-19H,13-16,20H2,1H3,(H,30,34). The third kappa shape index (κ3) is 5.15. The number of imidazole rings is 1. The van der Waals surface area contributed by atoms with E-state index >= 15 is 0 Å². The van der Waals surface area contributed by atoms with E-state index in [9.17, 15) is 4.79 Å². The molecule has 0 unspecified atom stereocenters. The molecule has 1 amide bonds. The fourth-order valence-electron chi connectivity index (χ4n) is 3.97. The summed E-state index contributed by atoms with van der Waals surface area (Å²) in [4.78, 5) is 26.0. The van der Waals surface area contributed by atoms with E-state index in [0.717, 1.165) is 55.3 Å². The normalized spacial score (nSPS) is 14.5. The van der Waals surface area contributed by atoms with E-state index in [-0.39, 0.29) is 5.91 Å². The lowest BCUT2D eigenvalue weighted by atomic mass is 10.1. The molecule has 0 atom stereocenters. The Labute approximate surface area is 199 Å². The van der Waals surface area contributed by atoms with Crippen molar-refractivity contribution in [2.75, 3.05) is 38.5 Å². The van der Waals surface area contributed by atoms with Gasteiger partial charge >= 0.3 is 0 Å². The van der Waals surface area contributed by atoms with E-state index in [0.29, 0.717) is 5.56 Å². The van der Waals surface area contributed by atoms with Crippen molar-refractivity contribution in [2.45, 2.75) is 6.54 Å². The van der Waals surface area contributed by atoms with Crippen LogP contribution >= 0.6 is 0 Å². The topological polar surface area (TPSA) is 65.8 Å². The first-order valence-electron chi connectivity index (χ1n) is 11.3. The van der Waals surface area contributed by atoms with Crippen molar-refractivity contribution in [1.29, 1.82) is 0 Å². The van der Waals surface area contributed by atoms with Crippen LogP contribution in [0.4, 0.5) is 5.69 Å². The zero-order valence-corrected chi connectivity index (χ0v) is 19.1. The smallest absolute Gasteiger partial charge is 0.255 e. The third-order valence-corrected chi connectivity index (χ3v) is 5.99. The molecule has 1 aliphatic rings. The number of likely N-dealkylation sites (N-methyl/N-ethyl adjacent to an activating group) is 1. The van der Waals surface area contributed by atoms with Crippen LogP contribution in [-0.4, -0.2) is 63.3 Å². The molecule has 1 N–H and O–H groups in total. The van der Waals surface area contributed by atoms with Gasteiger partial charge in [-0.25, -0.2) is 4.98 Å². The molecule has 3 heterocycles. The number of aromatic nitrogens is 3. The predicted octanol–water partition coefficient (Wildman–Crippen LogP) is 3.13. The number of anilines is 1. The maximum atomic E-state index is 12.8. The Bertz CT molecular complexity index is 1360. The van der Waals surface area contributed by atoms with Crippen LogP contribution in [0.1, 0.15) is 27.2 Å². The van der Waals surface area contributed by atoms with Gasteiger partial charge in [-0.3, -0.25) is 19.1 Å². The molecule has 0 radical (unpaired) electrons. The van der Waals surface area contributed by atoms with Crippen LogP contribution in [0.5, 0.6) is 0 Å². The maximum absolute atomic E-state index is 12.8. The molecule has 1 fully saturated rings. The van der Waals surface area contributed by atoms with Gasteiger partial charge in [0.2, 0.25) is 0 Å². The molecule has 5 rings (SSSR count). The number of hydrogen-bond donors (Lipinski definition) is 1. The highest BCUT2D eigenvalue weighted by Crippen LogP contribution is 2.15. The Kier molecular flexibility index (Phi) is 6.34. The van der Waals surface area contributed by atoms with Crippen molar-refractivity contribution in [3.8, 4) is 11.8 Å². The van der Waals surface area contributed by atoms with Gasteiger partial charge in [-0.2, -0.15) is 0 Å². The molecule has 2 aromatic carbocycles. The molecule has 0 aliphatic carbocycles. The molecule has 170 valence electrons. The second-order valence-corrected chi connectivity index (χ2v) is 8.51. The van der Waals surface area contributed by atoms with E-state index in [4.69, 9.17) is 0 Å². The minimum absolute atomic E-state index is 0.156. The summed E-state index contributed by atoms with van der Waals surface area (Å²) in [5, 5.41) is 2.99. The van der Waals surface area contributed by atoms with Gasteiger partial charge in [-0.15, -0.1) is 0 Å². The van der Waals surface area contributed by atoms with Crippen molar-refractivity contribution in [3.05, 3.63) is 95.7 Å². The largest absolute Gasteiger partial charge is 0.322 e. The molecule has 34 heavy (non-hydrogen) atoms. The van der Waals surface area contributed by atoms with Gasteiger partial charge in [-0.05, 0) is 48.9 Å². The van der Waals surface area contributed by atoms with Crippen molar-refractivity contribution in [3.63, 3.8) is 0 Å². The van der Waals surface area contributed by atoms with Crippen molar-refractivity contribution >= 4 is 17.2 Å². The summed E-state index contributed by atoms with van der Waals surface area (Å²) in [6.07, 6.45) is 6.93. The molecule has 0 saturated carbocycles. The lowest BCUT2D eigenvalue weighted by Crippen LogP contribution is -2.43. The number of piperazine rings is 1. The summed E-state index contributed by atoms with van der Waals surface area (Å²) in [6, 6.07) is 15.4. The predicted molar refractivity (Wildman–Crippen MR) is 133 cm³/mol. The maximum Gasteiger partial charge on any atom is 0.255 e. The van der Waals surface area contributed by atoms with Gasteiger partial charge in [0.25, 0.3) is 5.91 Å². The van der Waals surface area contributed by atoms with Gasteiger partial charge in [0, 0.05) is 61.9 Å². The minimum atomic E-state index is -0.156. The number of carbonyl (C=O) groups excluding carboxylic acids is 1. The second kappa shape index (κ2) is 9.87. The highest BCUT2D eigenvalue weighted by Gasteiger charge is 2.14. The summed E-state index contributed by atoms with van der Waals surface area (Å²) in [5.74, 6) is 6.10. The number of carbonyl (C=O) groups is 1. The van der Waals surface area contributed by atoms with Crippen LogP contribution in [0, 0.1) is 11.8 Å². The summed E-state index contributed by atoms with van der Waals surface area (Å²) in [7, 11) is 2.16. The van der Waals surface area contributed by atoms with Crippen LogP contribution in [0.2, 0.25) is 0 Å². The van der Waals surface area contributed by atoms with Crippen LogP contribution in [0.25, 0.3) is 5.65 Å². The van der Waals surface area contributed by atoms with Crippen molar-refractivity contribution < 1.29 is 4.79 Å². The summed E-state index contributed by atoms with van der Waals surface area (Å²) < 4.78 is 1.88. The fraction of sp³-hybridized carbons (Fsp3) is 0.222. The van der Waals surface area contributed by atoms with Gasteiger partial charge in [0.05, 0.1) is 12.4 Å². The summed E-state index contributed by atoms with van der Waals surface area (Å²) >= 11 is 0. The number of fused-ring (bicyclic) bond motifs is 1. The number of nitrogens with one attached hydrogen (secondary N) is 1. The molecular formula is C27H26N6O. The highest BCUT2D eigenvalue weighted by molar-refractivity contribution is 6.04.